The third-order valence-corrected chi connectivity index (χ3v) is 1.64. The van der Waals surface area contributed by atoms with Gasteiger partial charge in [0.2, 0.25) is 0 Å². The monoisotopic (exact) mass is 248 g/mol. The number of rotatable bonds is 2. The second kappa shape index (κ2) is 3.56. The highest BCUT2D eigenvalue weighted by Crippen LogP contribution is 2.50. The van der Waals surface area contributed by atoms with Gasteiger partial charge in [-0.05, 0) is 12.1 Å². The molecule has 16 heavy (non-hydrogen) atoms. The van der Waals surface area contributed by atoms with Crippen molar-refractivity contribution in [1.82, 2.24) is 10.2 Å². The molecule has 0 atom stereocenters. The Bertz CT molecular complexity index is 359. The Balaban J connectivity index is 3.22. The molecule has 0 bridgehead atoms. The van der Waals surface area contributed by atoms with E-state index >= 15 is 0 Å². The van der Waals surface area contributed by atoms with E-state index in [2.05, 4.69) is 10.2 Å². The Kier molecular flexibility index (Phi) is 2.82. The molecule has 1 heterocycles. The van der Waals surface area contributed by atoms with Gasteiger partial charge in [-0.3, -0.25) is 0 Å². The molecule has 0 saturated carbocycles. The lowest BCUT2D eigenvalue weighted by molar-refractivity contribution is -0.360. The lowest BCUT2D eigenvalue weighted by Crippen LogP contribution is -2.50. The number of aromatic nitrogens is 2. The van der Waals surface area contributed by atoms with Crippen LogP contribution < -0.4 is 0 Å². The molecule has 0 unspecified atom stereocenters. The van der Waals surface area contributed by atoms with Crippen molar-refractivity contribution < 1.29 is 30.7 Å². The van der Waals surface area contributed by atoms with Gasteiger partial charge < -0.3 is 0 Å². The van der Waals surface area contributed by atoms with E-state index < -0.39 is 23.7 Å². The standard InChI is InChI=1S/C7H3F7N2/c8-5(9,4-2-1-3-15-16-4)6(10,11)7(12,13)14/h1-3H. The van der Waals surface area contributed by atoms with Crippen LogP contribution in [-0.2, 0) is 5.92 Å². The summed E-state index contributed by atoms with van der Waals surface area (Å²) in [4.78, 5) is 0. The van der Waals surface area contributed by atoms with Crippen molar-refractivity contribution >= 4 is 0 Å². The predicted octanol–water partition coefficient (Wildman–Crippen LogP) is 2.77. The summed E-state index contributed by atoms with van der Waals surface area (Å²) in [5.74, 6) is -11.7. The minimum atomic E-state index is -6.37. The molecule has 0 radical (unpaired) electrons. The Morgan fingerprint density at radius 3 is 1.88 bits per heavy atom. The van der Waals surface area contributed by atoms with Crippen molar-refractivity contribution in [3.05, 3.63) is 24.0 Å². The quantitative estimate of drug-likeness (QED) is 0.752. The van der Waals surface area contributed by atoms with Crippen molar-refractivity contribution in [2.24, 2.45) is 0 Å². The van der Waals surface area contributed by atoms with Gasteiger partial charge in [-0.15, -0.1) is 5.10 Å². The lowest BCUT2D eigenvalue weighted by atomic mass is 10.1. The molecular weight excluding hydrogens is 245 g/mol. The number of hydrogen-bond acceptors (Lipinski definition) is 2. The summed E-state index contributed by atoms with van der Waals surface area (Å²) < 4.78 is 85.8. The van der Waals surface area contributed by atoms with Crippen LogP contribution >= 0.6 is 0 Å². The number of nitrogens with zero attached hydrogens (tertiary/aromatic N) is 2. The van der Waals surface area contributed by atoms with E-state index in [9.17, 15) is 30.7 Å². The van der Waals surface area contributed by atoms with Gasteiger partial charge in [-0.1, -0.05) is 0 Å². The van der Waals surface area contributed by atoms with Gasteiger partial charge in [0.25, 0.3) is 0 Å². The summed E-state index contributed by atoms with van der Waals surface area (Å²) in [5.41, 5.74) is -1.74. The zero-order valence-electron chi connectivity index (χ0n) is 7.27. The molecule has 0 amide bonds. The first-order chi connectivity index (χ1) is 7.11. The first-order valence-electron chi connectivity index (χ1n) is 3.71. The van der Waals surface area contributed by atoms with E-state index in [-0.39, 0.29) is 0 Å². The summed E-state index contributed by atoms with van der Waals surface area (Å²) >= 11 is 0. The zero-order chi connectivity index (χ0) is 12.6. The van der Waals surface area contributed by atoms with Crippen molar-refractivity contribution in [2.75, 3.05) is 0 Å². The lowest BCUT2D eigenvalue weighted by Gasteiger charge is -2.27. The molecule has 0 aliphatic heterocycles. The maximum atomic E-state index is 12.9. The topological polar surface area (TPSA) is 25.8 Å². The molecule has 1 rings (SSSR count). The minimum absolute atomic E-state index is 0.340. The van der Waals surface area contributed by atoms with E-state index in [1.54, 1.807) is 0 Å². The Labute approximate surface area is 84.1 Å². The van der Waals surface area contributed by atoms with Gasteiger partial charge in [-0.2, -0.15) is 35.8 Å². The summed E-state index contributed by atoms with van der Waals surface area (Å²) in [6, 6.07) is 1.12. The fraction of sp³-hybridized carbons (Fsp3) is 0.429. The number of alkyl halides is 7. The van der Waals surface area contributed by atoms with E-state index in [0.717, 1.165) is 12.3 Å². The van der Waals surface area contributed by atoms with Crippen molar-refractivity contribution in [3.8, 4) is 0 Å². The second-order valence-electron chi connectivity index (χ2n) is 2.76. The molecule has 90 valence electrons. The molecule has 9 heteroatoms. The molecule has 2 nitrogen and oxygen atoms in total. The average molecular weight is 248 g/mol. The van der Waals surface area contributed by atoms with Crippen LogP contribution in [0.1, 0.15) is 5.69 Å². The van der Waals surface area contributed by atoms with Gasteiger partial charge in [0.05, 0.1) is 0 Å². The molecule has 1 aromatic rings. The Hall–Kier alpha value is -1.41. The molecule has 0 saturated heterocycles. The number of hydrogen-bond donors (Lipinski definition) is 0. The van der Waals surface area contributed by atoms with Crippen LogP contribution in [0.2, 0.25) is 0 Å². The number of halogens is 7. The van der Waals surface area contributed by atoms with Crippen LogP contribution in [-0.4, -0.2) is 22.3 Å². The van der Waals surface area contributed by atoms with Crippen LogP contribution in [0.4, 0.5) is 30.7 Å². The summed E-state index contributed by atoms with van der Waals surface area (Å²) in [6.45, 7) is 0. The van der Waals surface area contributed by atoms with E-state index in [0.29, 0.717) is 6.07 Å². The van der Waals surface area contributed by atoms with E-state index in [1.807, 2.05) is 0 Å². The van der Waals surface area contributed by atoms with Gasteiger partial charge in [-0.25, -0.2) is 0 Å². The normalized spacial score (nSPS) is 13.9. The average Bonchev–Trinajstić information content (AvgIpc) is 2.17. The van der Waals surface area contributed by atoms with Gasteiger partial charge in [0.15, 0.2) is 0 Å². The maximum absolute atomic E-state index is 12.9. The van der Waals surface area contributed by atoms with Crippen molar-refractivity contribution in [2.45, 2.75) is 18.0 Å². The Morgan fingerprint density at radius 2 is 1.50 bits per heavy atom. The molecule has 1 aromatic heterocycles. The third kappa shape index (κ3) is 1.81. The van der Waals surface area contributed by atoms with E-state index in [1.165, 1.54) is 0 Å². The second-order valence-corrected chi connectivity index (χ2v) is 2.76. The van der Waals surface area contributed by atoms with Crippen LogP contribution in [0.5, 0.6) is 0 Å². The minimum Gasteiger partial charge on any atom is -0.192 e. The van der Waals surface area contributed by atoms with Gasteiger partial charge in [0, 0.05) is 6.20 Å². The van der Waals surface area contributed by atoms with Gasteiger partial charge >= 0.3 is 18.0 Å². The highest BCUT2D eigenvalue weighted by Gasteiger charge is 2.74. The van der Waals surface area contributed by atoms with Crippen LogP contribution in [0.25, 0.3) is 0 Å². The van der Waals surface area contributed by atoms with Crippen LogP contribution in [0.3, 0.4) is 0 Å². The van der Waals surface area contributed by atoms with E-state index in [4.69, 9.17) is 0 Å². The first-order valence-corrected chi connectivity index (χ1v) is 3.71. The molecular formula is C7H3F7N2. The van der Waals surface area contributed by atoms with Crippen molar-refractivity contribution in [3.63, 3.8) is 0 Å². The highest BCUT2D eigenvalue weighted by molar-refractivity contribution is 5.12. The molecule has 0 fully saturated rings. The molecule has 0 N–H and O–H groups in total. The third-order valence-electron chi connectivity index (χ3n) is 1.64. The first kappa shape index (κ1) is 12.7. The smallest absolute Gasteiger partial charge is 0.192 e. The van der Waals surface area contributed by atoms with Crippen LogP contribution in [0.15, 0.2) is 18.3 Å². The molecule has 0 spiro atoms. The van der Waals surface area contributed by atoms with Crippen LogP contribution in [0, 0.1) is 0 Å². The molecule has 0 aliphatic carbocycles. The summed E-state index contributed by atoms with van der Waals surface area (Å²) in [7, 11) is 0. The zero-order valence-corrected chi connectivity index (χ0v) is 7.27. The van der Waals surface area contributed by atoms with Crippen molar-refractivity contribution in [1.29, 1.82) is 0 Å². The molecule has 0 aromatic carbocycles. The summed E-state index contributed by atoms with van der Waals surface area (Å²) in [6.07, 6.45) is -5.50. The Morgan fingerprint density at radius 1 is 0.938 bits per heavy atom. The fourth-order valence-electron chi connectivity index (χ4n) is 0.808. The predicted molar refractivity (Wildman–Crippen MR) is 36.9 cm³/mol. The summed E-state index contributed by atoms with van der Waals surface area (Å²) in [5, 5.41) is 5.37. The fourth-order valence-corrected chi connectivity index (χ4v) is 0.808. The van der Waals surface area contributed by atoms with Gasteiger partial charge in [0.1, 0.15) is 5.69 Å². The largest absolute Gasteiger partial charge is 0.460 e. The molecule has 0 aliphatic rings. The SMILES string of the molecule is FC(F)(F)C(F)(F)C(F)(F)c1cccnn1. The highest BCUT2D eigenvalue weighted by atomic mass is 19.4. The maximum Gasteiger partial charge on any atom is 0.460 e.